The van der Waals surface area contributed by atoms with Gasteiger partial charge in [0.1, 0.15) is 0 Å². The van der Waals surface area contributed by atoms with Crippen LogP contribution >= 0.6 is 11.6 Å². The molecule has 0 amide bonds. The summed E-state index contributed by atoms with van der Waals surface area (Å²) in [5.41, 5.74) is 0. The van der Waals surface area contributed by atoms with Gasteiger partial charge in [-0.1, -0.05) is 0 Å². The van der Waals surface area contributed by atoms with Crippen LogP contribution in [0.4, 0.5) is 0 Å². The zero-order valence-electron chi connectivity index (χ0n) is 11.2. The van der Waals surface area contributed by atoms with E-state index in [9.17, 15) is 5.26 Å². The standard InChI is InChI=1S/C15H23ClN2/c1-18-12-6-7-15(18)14(9-17)13(8-12)10-2-4-11(16)5-3-10/h10-15H,2-8H2,1H3/t10?,11?,12-,13-,14?,15?/m1/s1. The van der Waals surface area contributed by atoms with Gasteiger partial charge in [0, 0.05) is 17.5 Å². The number of rotatable bonds is 1. The average molecular weight is 267 g/mol. The third kappa shape index (κ3) is 2.06. The normalized spacial score (nSPS) is 48.9. The Morgan fingerprint density at radius 1 is 1.11 bits per heavy atom. The fourth-order valence-electron chi connectivity index (χ4n) is 4.68. The SMILES string of the molecule is CN1C2CC[C@@H]1C[C@H](C1CCC(Cl)CC1)C2C#N. The summed E-state index contributed by atoms with van der Waals surface area (Å²) in [6.45, 7) is 0. The van der Waals surface area contributed by atoms with Crippen LogP contribution in [0.1, 0.15) is 44.9 Å². The van der Waals surface area contributed by atoms with Crippen molar-refractivity contribution in [2.24, 2.45) is 17.8 Å². The van der Waals surface area contributed by atoms with E-state index in [-0.39, 0.29) is 5.92 Å². The second kappa shape index (κ2) is 5.02. The minimum atomic E-state index is 0.269. The number of fused-ring (bicyclic) bond motifs is 2. The molecule has 3 heteroatoms. The van der Waals surface area contributed by atoms with Gasteiger partial charge in [-0.25, -0.2) is 0 Å². The third-order valence-electron chi connectivity index (χ3n) is 5.77. The van der Waals surface area contributed by atoms with E-state index in [1.54, 1.807) is 0 Å². The molecule has 1 saturated carbocycles. The van der Waals surface area contributed by atoms with Crippen molar-refractivity contribution in [2.45, 2.75) is 62.4 Å². The van der Waals surface area contributed by atoms with E-state index >= 15 is 0 Å². The van der Waals surface area contributed by atoms with Crippen LogP contribution in [-0.4, -0.2) is 29.4 Å². The lowest BCUT2D eigenvalue weighted by Gasteiger charge is -2.44. The highest BCUT2D eigenvalue weighted by Gasteiger charge is 2.48. The molecule has 0 N–H and O–H groups in total. The number of hydrogen-bond acceptors (Lipinski definition) is 2. The lowest BCUT2D eigenvalue weighted by Crippen LogP contribution is -2.48. The Morgan fingerprint density at radius 2 is 1.83 bits per heavy atom. The van der Waals surface area contributed by atoms with Gasteiger partial charge >= 0.3 is 0 Å². The highest BCUT2D eigenvalue weighted by molar-refractivity contribution is 6.20. The molecule has 3 fully saturated rings. The van der Waals surface area contributed by atoms with Gasteiger partial charge in [-0.3, -0.25) is 4.90 Å². The molecule has 100 valence electrons. The Bertz CT molecular complexity index is 343. The molecule has 3 aliphatic rings. The van der Waals surface area contributed by atoms with Crippen LogP contribution in [0.25, 0.3) is 0 Å². The summed E-state index contributed by atoms with van der Waals surface area (Å²) in [6, 6.07) is 3.93. The lowest BCUT2D eigenvalue weighted by molar-refractivity contribution is 0.0527. The number of hydrogen-bond donors (Lipinski definition) is 0. The van der Waals surface area contributed by atoms with Gasteiger partial charge in [-0.05, 0) is 63.8 Å². The summed E-state index contributed by atoms with van der Waals surface area (Å²) in [7, 11) is 2.22. The monoisotopic (exact) mass is 266 g/mol. The maximum Gasteiger partial charge on any atom is 0.0675 e. The highest BCUT2D eigenvalue weighted by Crippen LogP contribution is 2.47. The second-order valence-corrected chi connectivity index (χ2v) is 7.15. The van der Waals surface area contributed by atoms with Crippen molar-refractivity contribution in [1.82, 2.24) is 4.90 Å². The van der Waals surface area contributed by atoms with Crippen LogP contribution < -0.4 is 0 Å². The van der Waals surface area contributed by atoms with Gasteiger partial charge in [-0.2, -0.15) is 5.26 Å². The first-order valence-corrected chi connectivity index (χ1v) is 7.90. The Kier molecular flexibility index (Phi) is 3.56. The van der Waals surface area contributed by atoms with E-state index in [4.69, 9.17) is 11.6 Å². The van der Waals surface area contributed by atoms with Gasteiger partial charge in [0.2, 0.25) is 0 Å². The summed E-state index contributed by atoms with van der Waals surface area (Å²) in [5.74, 6) is 1.68. The van der Waals surface area contributed by atoms with Crippen molar-refractivity contribution in [1.29, 1.82) is 5.26 Å². The van der Waals surface area contributed by atoms with E-state index in [2.05, 4.69) is 18.0 Å². The van der Waals surface area contributed by atoms with Crippen LogP contribution in [0, 0.1) is 29.1 Å². The quantitative estimate of drug-likeness (QED) is 0.680. The third-order valence-corrected chi connectivity index (χ3v) is 6.21. The fourth-order valence-corrected chi connectivity index (χ4v) is 4.93. The van der Waals surface area contributed by atoms with Crippen LogP contribution in [0.2, 0.25) is 0 Å². The molecule has 2 bridgehead atoms. The Hall–Kier alpha value is -0.260. The number of alkyl halides is 1. The van der Waals surface area contributed by atoms with Gasteiger partial charge < -0.3 is 0 Å². The second-order valence-electron chi connectivity index (χ2n) is 6.53. The van der Waals surface area contributed by atoms with Crippen molar-refractivity contribution < 1.29 is 0 Å². The fraction of sp³-hybridized carbons (Fsp3) is 0.933. The van der Waals surface area contributed by atoms with Crippen molar-refractivity contribution in [3.8, 4) is 6.07 Å². The van der Waals surface area contributed by atoms with Crippen molar-refractivity contribution in [3.05, 3.63) is 0 Å². The molecule has 1 aliphatic carbocycles. The molecular weight excluding hydrogens is 244 g/mol. The molecular formula is C15H23ClN2. The lowest BCUT2D eigenvalue weighted by atomic mass is 9.69. The Morgan fingerprint density at radius 3 is 2.50 bits per heavy atom. The highest BCUT2D eigenvalue weighted by atomic mass is 35.5. The minimum absolute atomic E-state index is 0.269. The molecule has 2 unspecified atom stereocenters. The summed E-state index contributed by atoms with van der Waals surface area (Å²) < 4.78 is 0. The predicted octanol–water partition coefficient (Wildman–Crippen LogP) is 3.41. The summed E-state index contributed by atoms with van der Waals surface area (Å²) in [6.07, 6.45) is 8.61. The van der Waals surface area contributed by atoms with E-state index in [1.807, 2.05) is 0 Å². The Labute approximate surface area is 115 Å². The van der Waals surface area contributed by atoms with Crippen LogP contribution in [0.5, 0.6) is 0 Å². The van der Waals surface area contributed by atoms with Crippen LogP contribution in [0.15, 0.2) is 0 Å². The maximum absolute atomic E-state index is 9.58. The van der Waals surface area contributed by atoms with Crippen molar-refractivity contribution in [3.63, 3.8) is 0 Å². The van der Waals surface area contributed by atoms with Gasteiger partial charge in [-0.15, -0.1) is 11.6 Å². The van der Waals surface area contributed by atoms with Crippen molar-refractivity contribution in [2.75, 3.05) is 7.05 Å². The van der Waals surface area contributed by atoms with Crippen molar-refractivity contribution >= 4 is 11.6 Å². The molecule has 2 nitrogen and oxygen atoms in total. The molecule has 0 aromatic heterocycles. The first kappa shape index (κ1) is 12.8. The maximum atomic E-state index is 9.58. The Balaban J connectivity index is 1.74. The number of nitrogens with zero attached hydrogens (tertiary/aromatic N) is 2. The molecule has 0 spiro atoms. The zero-order valence-corrected chi connectivity index (χ0v) is 11.9. The zero-order chi connectivity index (χ0) is 12.7. The molecule has 2 saturated heterocycles. The molecule has 2 aliphatic heterocycles. The van der Waals surface area contributed by atoms with Crippen LogP contribution in [-0.2, 0) is 0 Å². The predicted molar refractivity (Wildman–Crippen MR) is 73.4 cm³/mol. The first-order chi connectivity index (χ1) is 8.70. The van der Waals surface area contributed by atoms with Crippen LogP contribution in [0.3, 0.4) is 0 Å². The topological polar surface area (TPSA) is 27.0 Å². The molecule has 4 atom stereocenters. The summed E-state index contributed by atoms with van der Waals surface area (Å²) >= 11 is 6.21. The van der Waals surface area contributed by atoms with E-state index in [0.717, 1.165) is 24.8 Å². The molecule has 2 heterocycles. The number of halogens is 1. The minimum Gasteiger partial charge on any atom is -0.299 e. The summed E-state index contributed by atoms with van der Waals surface area (Å²) in [4.78, 5) is 2.48. The molecule has 0 aromatic carbocycles. The van der Waals surface area contributed by atoms with Gasteiger partial charge in [0.15, 0.2) is 0 Å². The molecule has 3 rings (SSSR count). The molecule has 18 heavy (non-hydrogen) atoms. The van der Waals surface area contributed by atoms with E-state index in [0.29, 0.717) is 17.3 Å². The van der Waals surface area contributed by atoms with Gasteiger partial charge in [0.05, 0.1) is 12.0 Å². The largest absolute Gasteiger partial charge is 0.299 e. The van der Waals surface area contributed by atoms with E-state index < -0.39 is 0 Å². The first-order valence-electron chi connectivity index (χ1n) is 7.46. The van der Waals surface area contributed by atoms with Gasteiger partial charge in [0.25, 0.3) is 0 Å². The number of nitriles is 1. The molecule has 0 aromatic rings. The number of piperidine rings is 1. The average Bonchev–Trinajstić information content (AvgIpc) is 2.63. The summed E-state index contributed by atoms with van der Waals surface area (Å²) in [5, 5.41) is 9.97. The molecule has 0 radical (unpaired) electrons. The smallest absolute Gasteiger partial charge is 0.0675 e. The van der Waals surface area contributed by atoms with E-state index in [1.165, 1.54) is 32.1 Å².